The lowest BCUT2D eigenvalue weighted by Crippen LogP contribution is -2.44. The first-order valence-corrected chi connectivity index (χ1v) is 5.86. The van der Waals surface area contributed by atoms with Gasteiger partial charge in [-0.3, -0.25) is 0 Å². The molecule has 0 bridgehead atoms. The van der Waals surface area contributed by atoms with Crippen molar-refractivity contribution >= 4 is 0 Å². The van der Waals surface area contributed by atoms with E-state index in [9.17, 15) is 10.2 Å². The maximum absolute atomic E-state index is 9.41. The first-order valence-electron chi connectivity index (χ1n) is 5.86. The Morgan fingerprint density at radius 2 is 1.21 bits per heavy atom. The zero-order valence-electron chi connectivity index (χ0n) is 8.73. The molecule has 0 spiro atoms. The standard InChI is InChI=1S/C11H21NO2/c13-10-3-1-9(2-4-10)12-7-5-11(14)6-8-12/h9-11,13-14H,1-8H2. The average Bonchev–Trinajstić information content (AvgIpc) is 2.21. The summed E-state index contributed by atoms with van der Waals surface area (Å²) in [4.78, 5) is 2.50. The summed E-state index contributed by atoms with van der Waals surface area (Å²) in [6.07, 6.45) is 5.93. The molecule has 82 valence electrons. The second kappa shape index (κ2) is 4.60. The van der Waals surface area contributed by atoms with Crippen LogP contribution in [0.3, 0.4) is 0 Å². The summed E-state index contributed by atoms with van der Waals surface area (Å²) in [6, 6.07) is 0.672. The molecule has 1 heterocycles. The van der Waals surface area contributed by atoms with Gasteiger partial charge in [-0.05, 0) is 38.5 Å². The van der Waals surface area contributed by atoms with Crippen LogP contribution in [0.25, 0.3) is 0 Å². The van der Waals surface area contributed by atoms with Crippen LogP contribution in [0.4, 0.5) is 0 Å². The van der Waals surface area contributed by atoms with Crippen molar-refractivity contribution in [2.75, 3.05) is 13.1 Å². The predicted molar refractivity (Wildman–Crippen MR) is 55.1 cm³/mol. The highest BCUT2D eigenvalue weighted by Gasteiger charge is 2.27. The van der Waals surface area contributed by atoms with Crippen molar-refractivity contribution in [1.82, 2.24) is 4.90 Å². The first-order chi connectivity index (χ1) is 6.75. The molecule has 14 heavy (non-hydrogen) atoms. The van der Waals surface area contributed by atoms with E-state index in [0.717, 1.165) is 51.6 Å². The maximum atomic E-state index is 9.41. The third kappa shape index (κ3) is 2.47. The molecule has 1 saturated heterocycles. The second-order valence-electron chi connectivity index (χ2n) is 4.73. The van der Waals surface area contributed by atoms with Gasteiger partial charge in [0.2, 0.25) is 0 Å². The third-order valence-corrected chi connectivity index (χ3v) is 3.68. The summed E-state index contributed by atoms with van der Waals surface area (Å²) in [5, 5.41) is 18.8. The fraction of sp³-hybridized carbons (Fsp3) is 1.00. The van der Waals surface area contributed by atoms with Gasteiger partial charge in [-0.25, -0.2) is 0 Å². The summed E-state index contributed by atoms with van der Waals surface area (Å²) in [5.41, 5.74) is 0. The van der Waals surface area contributed by atoms with E-state index < -0.39 is 0 Å². The molecule has 0 unspecified atom stereocenters. The number of aliphatic hydroxyl groups excluding tert-OH is 2. The maximum Gasteiger partial charge on any atom is 0.0564 e. The van der Waals surface area contributed by atoms with Gasteiger partial charge in [0.25, 0.3) is 0 Å². The second-order valence-corrected chi connectivity index (χ2v) is 4.73. The molecule has 2 rings (SSSR count). The van der Waals surface area contributed by atoms with Crippen molar-refractivity contribution in [3.8, 4) is 0 Å². The zero-order valence-corrected chi connectivity index (χ0v) is 8.73. The number of likely N-dealkylation sites (tertiary alicyclic amines) is 1. The van der Waals surface area contributed by atoms with E-state index in [-0.39, 0.29) is 12.2 Å². The number of hydrogen-bond donors (Lipinski definition) is 2. The monoisotopic (exact) mass is 199 g/mol. The number of rotatable bonds is 1. The quantitative estimate of drug-likeness (QED) is 0.655. The molecule has 1 aliphatic heterocycles. The molecule has 0 radical (unpaired) electrons. The van der Waals surface area contributed by atoms with Gasteiger partial charge >= 0.3 is 0 Å². The highest BCUT2D eigenvalue weighted by molar-refractivity contribution is 4.82. The summed E-state index contributed by atoms with van der Waals surface area (Å²) in [7, 11) is 0. The van der Waals surface area contributed by atoms with E-state index >= 15 is 0 Å². The molecule has 2 aliphatic rings. The van der Waals surface area contributed by atoms with Crippen molar-refractivity contribution in [2.45, 2.75) is 56.8 Å². The van der Waals surface area contributed by atoms with Gasteiger partial charge in [-0.1, -0.05) is 0 Å². The Morgan fingerprint density at radius 3 is 1.79 bits per heavy atom. The van der Waals surface area contributed by atoms with Crippen LogP contribution in [0.15, 0.2) is 0 Å². The smallest absolute Gasteiger partial charge is 0.0564 e. The van der Waals surface area contributed by atoms with E-state index in [1.165, 1.54) is 0 Å². The van der Waals surface area contributed by atoms with Gasteiger partial charge < -0.3 is 15.1 Å². The minimum Gasteiger partial charge on any atom is -0.393 e. The molecule has 2 N–H and O–H groups in total. The fourth-order valence-electron chi connectivity index (χ4n) is 2.67. The minimum absolute atomic E-state index is 0.0540. The highest BCUT2D eigenvalue weighted by Crippen LogP contribution is 2.25. The molecule has 1 aliphatic carbocycles. The van der Waals surface area contributed by atoms with Crippen LogP contribution in [0.5, 0.6) is 0 Å². The molecular weight excluding hydrogens is 178 g/mol. The van der Waals surface area contributed by atoms with E-state index in [0.29, 0.717) is 6.04 Å². The number of nitrogens with zero attached hydrogens (tertiary/aromatic N) is 1. The Hall–Kier alpha value is -0.120. The van der Waals surface area contributed by atoms with Crippen LogP contribution < -0.4 is 0 Å². The summed E-state index contributed by atoms with van der Waals surface area (Å²) < 4.78 is 0. The van der Waals surface area contributed by atoms with Crippen LogP contribution in [-0.2, 0) is 0 Å². The largest absolute Gasteiger partial charge is 0.393 e. The van der Waals surface area contributed by atoms with E-state index in [1.807, 2.05) is 0 Å². The Morgan fingerprint density at radius 1 is 0.714 bits per heavy atom. The zero-order chi connectivity index (χ0) is 9.97. The Bertz CT molecular complexity index is 150. The van der Waals surface area contributed by atoms with Gasteiger partial charge in [0.05, 0.1) is 12.2 Å². The van der Waals surface area contributed by atoms with Gasteiger partial charge in [-0.15, -0.1) is 0 Å². The van der Waals surface area contributed by atoms with Gasteiger partial charge in [0, 0.05) is 19.1 Å². The van der Waals surface area contributed by atoms with Crippen molar-refractivity contribution in [1.29, 1.82) is 0 Å². The van der Waals surface area contributed by atoms with Gasteiger partial charge in [0.15, 0.2) is 0 Å². The van der Waals surface area contributed by atoms with Crippen LogP contribution in [-0.4, -0.2) is 46.5 Å². The van der Waals surface area contributed by atoms with Crippen LogP contribution in [0, 0.1) is 0 Å². The van der Waals surface area contributed by atoms with Crippen LogP contribution in [0.1, 0.15) is 38.5 Å². The number of piperidine rings is 1. The van der Waals surface area contributed by atoms with E-state index in [4.69, 9.17) is 0 Å². The summed E-state index contributed by atoms with van der Waals surface area (Å²) in [6.45, 7) is 2.09. The third-order valence-electron chi connectivity index (χ3n) is 3.68. The SMILES string of the molecule is OC1CCC(N2CCC(O)CC2)CC1. The summed E-state index contributed by atoms with van der Waals surface area (Å²) in [5.74, 6) is 0. The molecule has 3 heteroatoms. The molecule has 3 nitrogen and oxygen atoms in total. The van der Waals surface area contributed by atoms with E-state index in [1.54, 1.807) is 0 Å². The molecule has 0 aromatic carbocycles. The molecule has 0 aromatic heterocycles. The number of aliphatic hydroxyl groups is 2. The lowest BCUT2D eigenvalue weighted by atomic mass is 9.90. The fourth-order valence-corrected chi connectivity index (χ4v) is 2.67. The van der Waals surface area contributed by atoms with Crippen molar-refractivity contribution in [2.24, 2.45) is 0 Å². The summed E-state index contributed by atoms with van der Waals surface area (Å²) >= 11 is 0. The van der Waals surface area contributed by atoms with Gasteiger partial charge in [-0.2, -0.15) is 0 Å². The van der Waals surface area contributed by atoms with Crippen molar-refractivity contribution in [3.05, 3.63) is 0 Å². The van der Waals surface area contributed by atoms with Crippen LogP contribution in [0.2, 0.25) is 0 Å². The number of hydrogen-bond acceptors (Lipinski definition) is 3. The minimum atomic E-state index is -0.0690. The normalized spacial score (nSPS) is 37.3. The van der Waals surface area contributed by atoms with E-state index in [2.05, 4.69) is 4.90 Å². The Labute approximate surface area is 85.7 Å². The molecule has 0 atom stereocenters. The van der Waals surface area contributed by atoms with Crippen LogP contribution >= 0.6 is 0 Å². The molecule has 0 amide bonds. The average molecular weight is 199 g/mol. The lowest BCUT2D eigenvalue weighted by molar-refractivity contribution is 0.0294. The highest BCUT2D eigenvalue weighted by atomic mass is 16.3. The Balaban J connectivity index is 1.78. The van der Waals surface area contributed by atoms with Crippen molar-refractivity contribution < 1.29 is 10.2 Å². The molecular formula is C11H21NO2. The van der Waals surface area contributed by atoms with Gasteiger partial charge in [0.1, 0.15) is 0 Å². The first kappa shape index (κ1) is 10.4. The molecule has 0 aromatic rings. The lowest BCUT2D eigenvalue weighted by Gasteiger charge is -2.39. The molecule has 1 saturated carbocycles. The van der Waals surface area contributed by atoms with Crippen molar-refractivity contribution in [3.63, 3.8) is 0 Å². The molecule has 2 fully saturated rings. The predicted octanol–water partition coefficient (Wildman–Crippen LogP) is 0.747. The Kier molecular flexibility index (Phi) is 3.42. The topological polar surface area (TPSA) is 43.7 Å².